The number of amides is 2. The van der Waals surface area contributed by atoms with Crippen molar-refractivity contribution in [3.05, 3.63) is 36.2 Å². The Bertz CT molecular complexity index is 707. The molecule has 3 heterocycles. The van der Waals surface area contributed by atoms with Gasteiger partial charge in [-0.3, -0.25) is 4.98 Å². The molecule has 0 bridgehead atoms. The van der Waals surface area contributed by atoms with Crippen LogP contribution in [0.2, 0.25) is 0 Å². The van der Waals surface area contributed by atoms with Crippen LogP contribution in [0.3, 0.4) is 0 Å². The molecule has 3 rings (SSSR count). The van der Waals surface area contributed by atoms with Crippen LogP contribution < -0.4 is 0 Å². The van der Waals surface area contributed by atoms with Crippen molar-refractivity contribution >= 4 is 6.03 Å². The highest BCUT2D eigenvalue weighted by Gasteiger charge is 2.28. The normalized spacial score (nSPS) is 15.4. The van der Waals surface area contributed by atoms with Gasteiger partial charge in [0.05, 0.1) is 11.9 Å². The lowest BCUT2D eigenvalue weighted by molar-refractivity contribution is 0.155. The second-order valence-electron chi connectivity index (χ2n) is 6.38. The van der Waals surface area contributed by atoms with Crippen LogP contribution in [0.25, 0.3) is 5.69 Å². The molecule has 0 spiro atoms. The number of rotatable bonds is 4. The minimum atomic E-state index is 0.0623. The summed E-state index contributed by atoms with van der Waals surface area (Å²) in [6.45, 7) is 1.82. The van der Waals surface area contributed by atoms with Crippen molar-refractivity contribution in [2.75, 3.05) is 34.3 Å². The molecule has 0 N–H and O–H groups in total. The molecule has 0 radical (unpaired) electrons. The van der Waals surface area contributed by atoms with E-state index in [-0.39, 0.29) is 11.9 Å². The van der Waals surface area contributed by atoms with Crippen molar-refractivity contribution in [1.82, 2.24) is 29.5 Å². The Hall–Kier alpha value is -2.48. The molecule has 0 aromatic carbocycles. The average molecular weight is 344 g/mol. The number of nitrogens with zero attached hydrogens (tertiary/aromatic N) is 6. The summed E-state index contributed by atoms with van der Waals surface area (Å²) in [5.74, 6) is 1.83. The number of likely N-dealkylation sites (tertiary alicyclic amines) is 1. The summed E-state index contributed by atoms with van der Waals surface area (Å²) in [5, 5.41) is 4.58. The van der Waals surface area contributed by atoms with Crippen LogP contribution in [0.4, 0.5) is 4.79 Å². The third-order valence-electron chi connectivity index (χ3n) is 4.35. The number of piperidine rings is 1. The zero-order valence-electron chi connectivity index (χ0n) is 14.9. The third kappa shape index (κ3) is 3.79. The summed E-state index contributed by atoms with van der Waals surface area (Å²) < 4.78 is 7.04. The lowest BCUT2D eigenvalue weighted by Crippen LogP contribution is -2.43. The van der Waals surface area contributed by atoms with E-state index in [1.807, 2.05) is 21.7 Å². The first-order chi connectivity index (χ1) is 12.1. The van der Waals surface area contributed by atoms with E-state index in [9.17, 15) is 4.79 Å². The maximum atomic E-state index is 12.1. The Morgan fingerprint density at radius 3 is 2.72 bits per heavy atom. The molecule has 2 aromatic rings. The lowest BCUT2D eigenvalue weighted by Gasteiger charge is -2.33. The van der Waals surface area contributed by atoms with Crippen molar-refractivity contribution in [2.45, 2.75) is 25.4 Å². The first-order valence-electron chi connectivity index (χ1n) is 8.41. The topological polar surface area (TPSA) is 76.4 Å². The fraction of sp³-hybridized carbons (Fsp3) is 0.529. The van der Waals surface area contributed by atoms with Crippen LogP contribution in [0.15, 0.2) is 24.5 Å². The molecule has 134 valence electrons. The van der Waals surface area contributed by atoms with Gasteiger partial charge in [0.2, 0.25) is 0 Å². The van der Waals surface area contributed by atoms with Gasteiger partial charge in [0.25, 0.3) is 0 Å². The first kappa shape index (κ1) is 17.3. The molecule has 0 aliphatic carbocycles. The maximum Gasteiger partial charge on any atom is 0.319 e. The lowest BCUT2D eigenvalue weighted by atomic mass is 9.96. The molecule has 2 aromatic heterocycles. The largest absolute Gasteiger partial charge is 0.377 e. The number of ether oxygens (including phenoxy) is 1. The molecule has 1 aliphatic rings. The minimum absolute atomic E-state index is 0.0623. The number of carbonyl (C=O) groups is 1. The fourth-order valence-electron chi connectivity index (χ4n) is 3.10. The highest BCUT2D eigenvalue weighted by atomic mass is 16.5. The monoisotopic (exact) mass is 344 g/mol. The van der Waals surface area contributed by atoms with Gasteiger partial charge < -0.3 is 14.5 Å². The van der Waals surface area contributed by atoms with E-state index < -0.39 is 0 Å². The number of hydrogen-bond donors (Lipinski definition) is 0. The van der Waals surface area contributed by atoms with Gasteiger partial charge in [-0.25, -0.2) is 14.5 Å². The minimum Gasteiger partial charge on any atom is -0.377 e. The Labute approximate surface area is 147 Å². The Kier molecular flexibility index (Phi) is 5.28. The molecular weight excluding hydrogens is 320 g/mol. The van der Waals surface area contributed by atoms with E-state index in [2.05, 4.69) is 10.1 Å². The highest BCUT2D eigenvalue weighted by Crippen LogP contribution is 2.28. The second kappa shape index (κ2) is 7.60. The van der Waals surface area contributed by atoms with Gasteiger partial charge in [0, 0.05) is 46.4 Å². The molecule has 1 fully saturated rings. The molecule has 2 amide bonds. The van der Waals surface area contributed by atoms with Crippen LogP contribution in [0.1, 0.15) is 30.4 Å². The van der Waals surface area contributed by atoms with E-state index in [0.29, 0.717) is 12.4 Å². The summed E-state index contributed by atoms with van der Waals surface area (Å²) >= 11 is 0. The standard InChI is InChI=1S/C17H24N6O2/c1-21(2)17(24)22-9-6-13(7-10-22)16-19-15(12-25-3)20-23(16)14-5-4-8-18-11-14/h4-5,8,11,13H,6-7,9-10,12H2,1-3H3. The van der Waals surface area contributed by atoms with E-state index >= 15 is 0 Å². The summed E-state index contributed by atoms with van der Waals surface area (Å²) in [4.78, 5) is 24.5. The number of urea groups is 1. The fourth-order valence-corrected chi connectivity index (χ4v) is 3.10. The van der Waals surface area contributed by atoms with Crippen molar-refractivity contribution in [2.24, 2.45) is 0 Å². The number of aromatic nitrogens is 4. The van der Waals surface area contributed by atoms with Gasteiger partial charge in [-0.05, 0) is 25.0 Å². The predicted molar refractivity (Wildman–Crippen MR) is 92.5 cm³/mol. The number of pyridine rings is 1. The number of carbonyl (C=O) groups excluding carboxylic acids is 1. The summed E-state index contributed by atoms with van der Waals surface area (Å²) in [6.07, 6.45) is 5.25. The van der Waals surface area contributed by atoms with Gasteiger partial charge in [0.1, 0.15) is 12.4 Å². The molecule has 0 unspecified atom stereocenters. The SMILES string of the molecule is COCc1nc(C2CCN(C(=O)N(C)C)CC2)n(-c2cccnc2)n1. The summed E-state index contributed by atoms with van der Waals surface area (Å²) in [7, 11) is 5.20. The van der Waals surface area contributed by atoms with Crippen LogP contribution in [0.5, 0.6) is 0 Å². The van der Waals surface area contributed by atoms with Gasteiger partial charge in [-0.1, -0.05) is 0 Å². The second-order valence-corrected chi connectivity index (χ2v) is 6.38. The van der Waals surface area contributed by atoms with E-state index in [1.54, 1.807) is 38.5 Å². The number of methoxy groups -OCH3 is 1. The average Bonchev–Trinajstić information content (AvgIpc) is 3.06. The molecule has 0 saturated carbocycles. The zero-order chi connectivity index (χ0) is 17.8. The van der Waals surface area contributed by atoms with E-state index in [1.165, 1.54) is 0 Å². The summed E-state index contributed by atoms with van der Waals surface area (Å²) in [5.41, 5.74) is 0.888. The quantitative estimate of drug-likeness (QED) is 0.843. The number of hydrogen-bond acceptors (Lipinski definition) is 5. The molecule has 1 aliphatic heterocycles. The Morgan fingerprint density at radius 2 is 2.12 bits per heavy atom. The van der Waals surface area contributed by atoms with Gasteiger partial charge in [-0.15, -0.1) is 5.10 Å². The third-order valence-corrected chi connectivity index (χ3v) is 4.35. The van der Waals surface area contributed by atoms with Gasteiger partial charge >= 0.3 is 6.03 Å². The first-order valence-corrected chi connectivity index (χ1v) is 8.41. The van der Waals surface area contributed by atoms with Crippen molar-refractivity contribution < 1.29 is 9.53 Å². The zero-order valence-corrected chi connectivity index (χ0v) is 14.9. The van der Waals surface area contributed by atoms with Gasteiger partial charge in [0.15, 0.2) is 5.82 Å². The van der Waals surface area contributed by atoms with Crippen LogP contribution >= 0.6 is 0 Å². The van der Waals surface area contributed by atoms with E-state index in [4.69, 9.17) is 9.72 Å². The van der Waals surface area contributed by atoms with E-state index in [0.717, 1.165) is 37.4 Å². The summed E-state index contributed by atoms with van der Waals surface area (Å²) in [6, 6.07) is 3.91. The molecule has 25 heavy (non-hydrogen) atoms. The van der Waals surface area contributed by atoms with Crippen molar-refractivity contribution in [3.8, 4) is 5.69 Å². The van der Waals surface area contributed by atoms with Gasteiger partial charge in [-0.2, -0.15) is 0 Å². The highest BCUT2D eigenvalue weighted by molar-refractivity contribution is 5.73. The Balaban J connectivity index is 1.81. The maximum absolute atomic E-state index is 12.1. The van der Waals surface area contributed by atoms with Crippen LogP contribution in [-0.2, 0) is 11.3 Å². The van der Waals surface area contributed by atoms with Crippen molar-refractivity contribution in [1.29, 1.82) is 0 Å². The van der Waals surface area contributed by atoms with Crippen LogP contribution in [0, 0.1) is 0 Å². The molecular formula is C17H24N6O2. The van der Waals surface area contributed by atoms with Crippen molar-refractivity contribution in [3.63, 3.8) is 0 Å². The molecule has 8 heteroatoms. The Morgan fingerprint density at radius 1 is 1.36 bits per heavy atom. The predicted octanol–water partition coefficient (Wildman–Crippen LogP) is 1.67. The smallest absolute Gasteiger partial charge is 0.319 e. The molecule has 1 saturated heterocycles. The molecule has 8 nitrogen and oxygen atoms in total. The molecule has 0 atom stereocenters. The van der Waals surface area contributed by atoms with Crippen LogP contribution in [-0.4, -0.2) is 69.9 Å².